The normalized spacial score (nSPS) is 12.9. The molecule has 0 spiro atoms. The molecule has 1 amide bonds. The van der Waals surface area contributed by atoms with E-state index in [-0.39, 0.29) is 11.9 Å². The number of nitrogens with one attached hydrogen (secondary N) is 1. The van der Waals surface area contributed by atoms with Crippen molar-refractivity contribution in [3.63, 3.8) is 0 Å². The van der Waals surface area contributed by atoms with E-state index in [1.54, 1.807) is 0 Å². The molecular formula is C12H23NO2. The Kier molecular flexibility index (Phi) is 7.01. The SMILES string of the molecule is CC(C)CCC(=O)N[C@H](C=O)CC(C)C. The van der Waals surface area contributed by atoms with Crippen LogP contribution in [0.15, 0.2) is 0 Å². The Balaban J connectivity index is 3.85. The van der Waals surface area contributed by atoms with Crippen molar-refractivity contribution in [2.75, 3.05) is 0 Å². The molecule has 3 nitrogen and oxygen atoms in total. The van der Waals surface area contributed by atoms with Gasteiger partial charge in [-0.25, -0.2) is 0 Å². The van der Waals surface area contributed by atoms with Crippen LogP contribution in [0.4, 0.5) is 0 Å². The lowest BCUT2D eigenvalue weighted by atomic mass is 10.0. The highest BCUT2D eigenvalue weighted by Crippen LogP contribution is 2.05. The molecule has 88 valence electrons. The zero-order valence-electron chi connectivity index (χ0n) is 10.2. The standard InChI is InChI=1S/C12H23NO2/c1-9(2)5-6-12(15)13-11(8-14)7-10(3)4/h8-11H,5-7H2,1-4H3,(H,13,15)/t11-/m0/s1. The first-order valence-corrected chi connectivity index (χ1v) is 5.70. The number of hydrogen-bond donors (Lipinski definition) is 1. The van der Waals surface area contributed by atoms with Crippen molar-refractivity contribution < 1.29 is 9.59 Å². The predicted octanol–water partition coefficient (Wildman–Crippen LogP) is 2.15. The van der Waals surface area contributed by atoms with Crippen LogP contribution in [0.1, 0.15) is 47.0 Å². The van der Waals surface area contributed by atoms with E-state index in [1.807, 2.05) is 13.8 Å². The fourth-order valence-electron chi connectivity index (χ4n) is 1.36. The van der Waals surface area contributed by atoms with Gasteiger partial charge in [-0.15, -0.1) is 0 Å². The maximum atomic E-state index is 11.4. The van der Waals surface area contributed by atoms with Crippen molar-refractivity contribution in [3.05, 3.63) is 0 Å². The molecule has 0 heterocycles. The smallest absolute Gasteiger partial charge is 0.220 e. The highest BCUT2D eigenvalue weighted by molar-refractivity contribution is 5.79. The molecule has 0 aliphatic carbocycles. The van der Waals surface area contributed by atoms with E-state index < -0.39 is 0 Å². The van der Waals surface area contributed by atoms with Gasteiger partial charge in [0.1, 0.15) is 6.29 Å². The molecule has 0 saturated heterocycles. The van der Waals surface area contributed by atoms with Gasteiger partial charge < -0.3 is 10.1 Å². The molecule has 0 aromatic rings. The summed E-state index contributed by atoms with van der Waals surface area (Å²) in [5.74, 6) is 0.933. The first kappa shape index (κ1) is 14.1. The zero-order valence-corrected chi connectivity index (χ0v) is 10.2. The molecule has 0 aromatic carbocycles. The highest BCUT2D eigenvalue weighted by atomic mass is 16.2. The average molecular weight is 213 g/mol. The lowest BCUT2D eigenvalue weighted by Gasteiger charge is -2.15. The molecule has 0 aliphatic heterocycles. The minimum atomic E-state index is -0.315. The minimum Gasteiger partial charge on any atom is -0.347 e. The Morgan fingerprint density at radius 1 is 1.20 bits per heavy atom. The van der Waals surface area contributed by atoms with Crippen LogP contribution in [0, 0.1) is 11.8 Å². The quantitative estimate of drug-likeness (QED) is 0.659. The monoisotopic (exact) mass is 213 g/mol. The van der Waals surface area contributed by atoms with E-state index in [1.165, 1.54) is 0 Å². The Labute approximate surface area is 92.6 Å². The molecule has 15 heavy (non-hydrogen) atoms. The Hall–Kier alpha value is -0.860. The van der Waals surface area contributed by atoms with Gasteiger partial charge in [-0.3, -0.25) is 4.79 Å². The molecule has 1 N–H and O–H groups in total. The summed E-state index contributed by atoms with van der Waals surface area (Å²) in [5.41, 5.74) is 0. The number of amides is 1. The van der Waals surface area contributed by atoms with Crippen LogP contribution in [0.25, 0.3) is 0 Å². The summed E-state index contributed by atoms with van der Waals surface area (Å²) < 4.78 is 0. The molecule has 0 bridgehead atoms. The molecule has 3 heteroatoms. The van der Waals surface area contributed by atoms with E-state index in [2.05, 4.69) is 19.2 Å². The van der Waals surface area contributed by atoms with Crippen molar-refractivity contribution in [3.8, 4) is 0 Å². The molecule has 0 fully saturated rings. The van der Waals surface area contributed by atoms with Crippen molar-refractivity contribution >= 4 is 12.2 Å². The topological polar surface area (TPSA) is 46.2 Å². The van der Waals surface area contributed by atoms with E-state index >= 15 is 0 Å². The summed E-state index contributed by atoms with van der Waals surface area (Å²) in [6.45, 7) is 8.24. The molecule has 0 radical (unpaired) electrons. The zero-order chi connectivity index (χ0) is 11.8. The Morgan fingerprint density at radius 2 is 1.80 bits per heavy atom. The van der Waals surface area contributed by atoms with Crippen molar-refractivity contribution in [1.29, 1.82) is 0 Å². The van der Waals surface area contributed by atoms with Crippen LogP contribution in [0.3, 0.4) is 0 Å². The Bertz CT molecular complexity index is 200. The summed E-state index contributed by atoms with van der Waals surface area (Å²) in [4.78, 5) is 22.1. The van der Waals surface area contributed by atoms with Crippen LogP contribution < -0.4 is 5.32 Å². The largest absolute Gasteiger partial charge is 0.347 e. The van der Waals surface area contributed by atoms with Gasteiger partial charge in [0.15, 0.2) is 0 Å². The fourth-order valence-corrected chi connectivity index (χ4v) is 1.36. The molecule has 1 atom stereocenters. The maximum Gasteiger partial charge on any atom is 0.220 e. The first-order chi connectivity index (χ1) is 6.95. The third-order valence-corrected chi connectivity index (χ3v) is 2.18. The van der Waals surface area contributed by atoms with E-state index in [0.717, 1.165) is 19.1 Å². The van der Waals surface area contributed by atoms with E-state index in [4.69, 9.17) is 0 Å². The van der Waals surface area contributed by atoms with Gasteiger partial charge in [-0.05, 0) is 24.7 Å². The lowest BCUT2D eigenvalue weighted by Crippen LogP contribution is -2.36. The average Bonchev–Trinajstić information content (AvgIpc) is 2.13. The van der Waals surface area contributed by atoms with Gasteiger partial charge in [0.25, 0.3) is 0 Å². The summed E-state index contributed by atoms with van der Waals surface area (Å²) in [5, 5.41) is 2.75. The van der Waals surface area contributed by atoms with Crippen molar-refractivity contribution in [2.24, 2.45) is 11.8 Å². The number of carbonyl (C=O) groups excluding carboxylic acids is 2. The summed E-state index contributed by atoms with van der Waals surface area (Å²) in [6, 6.07) is -0.315. The second kappa shape index (κ2) is 7.43. The van der Waals surface area contributed by atoms with Gasteiger partial charge in [0.2, 0.25) is 5.91 Å². The summed E-state index contributed by atoms with van der Waals surface area (Å²) in [7, 11) is 0. The maximum absolute atomic E-state index is 11.4. The summed E-state index contributed by atoms with van der Waals surface area (Å²) in [6.07, 6.45) is 2.93. The minimum absolute atomic E-state index is 0.0125. The van der Waals surface area contributed by atoms with Gasteiger partial charge in [-0.2, -0.15) is 0 Å². The predicted molar refractivity (Wildman–Crippen MR) is 61.5 cm³/mol. The van der Waals surface area contributed by atoms with Crippen LogP contribution >= 0.6 is 0 Å². The van der Waals surface area contributed by atoms with Crippen LogP contribution in [-0.2, 0) is 9.59 Å². The van der Waals surface area contributed by atoms with Gasteiger partial charge in [0.05, 0.1) is 6.04 Å². The number of aldehydes is 1. The van der Waals surface area contributed by atoms with Crippen molar-refractivity contribution in [1.82, 2.24) is 5.32 Å². The van der Waals surface area contributed by atoms with Gasteiger partial charge in [-0.1, -0.05) is 27.7 Å². The second-order valence-corrected chi connectivity index (χ2v) is 4.87. The first-order valence-electron chi connectivity index (χ1n) is 5.70. The van der Waals surface area contributed by atoms with Gasteiger partial charge in [0, 0.05) is 6.42 Å². The lowest BCUT2D eigenvalue weighted by molar-refractivity contribution is -0.124. The highest BCUT2D eigenvalue weighted by Gasteiger charge is 2.12. The fraction of sp³-hybridized carbons (Fsp3) is 0.833. The number of hydrogen-bond acceptors (Lipinski definition) is 2. The Morgan fingerprint density at radius 3 is 2.20 bits per heavy atom. The van der Waals surface area contributed by atoms with E-state index in [0.29, 0.717) is 18.3 Å². The summed E-state index contributed by atoms with van der Waals surface area (Å²) >= 11 is 0. The third-order valence-electron chi connectivity index (χ3n) is 2.18. The second-order valence-electron chi connectivity index (χ2n) is 4.87. The van der Waals surface area contributed by atoms with Crippen LogP contribution in [-0.4, -0.2) is 18.2 Å². The number of carbonyl (C=O) groups is 2. The van der Waals surface area contributed by atoms with Gasteiger partial charge >= 0.3 is 0 Å². The van der Waals surface area contributed by atoms with Crippen molar-refractivity contribution in [2.45, 2.75) is 53.0 Å². The molecule has 0 rings (SSSR count). The molecule has 0 aromatic heterocycles. The number of rotatable bonds is 7. The third kappa shape index (κ3) is 8.16. The molecule has 0 aliphatic rings. The van der Waals surface area contributed by atoms with E-state index in [9.17, 15) is 9.59 Å². The van der Waals surface area contributed by atoms with Crippen LogP contribution in [0.5, 0.6) is 0 Å². The molecule has 0 unspecified atom stereocenters. The van der Waals surface area contributed by atoms with Crippen LogP contribution in [0.2, 0.25) is 0 Å². The molecular weight excluding hydrogens is 190 g/mol. The molecule has 0 saturated carbocycles.